The lowest BCUT2D eigenvalue weighted by Crippen LogP contribution is -2.31. The van der Waals surface area contributed by atoms with E-state index >= 15 is 0 Å². The molecule has 18 heavy (non-hydrogen) atoms. The molecule has 2 amide bonds. The molecule has 1 aliphatic rings. The molecule has 0 aliphatic carbocycles. The second kappa shape index (κ2) is 5.31. The lowest BCUT2D eigenvalue weighted by molar-refractivity contribution is 0.229. The summed E-state index contributed by atoms with van der Waals surface area (Å²) >= 11 is 0. The molecule has 0 aromatic heterocycles. The highest BCUT2D eigenvalue weighted by atomic mass is 19.1. The van der Waals surface area contributed by atoms with Crippen LogP contribution in [-0.4, -0.2) is 30.9 Å². The van der Waals surface area contributed by atoms with Crippen molar-refractivity contribution >= 4 is 17.9 Å². The molecule has 0 radical (unpaired) electrons. The molecule has 2 rings (SSSR count). The number of hydrogen-bond donors (Lipinski definition) is 1. The minimum atomic E-state index is -0.446. The number of methoxy groups -OCH3 is 1. The minimum Gasteiger partial charge on any atom is -0.495 e. The molecular weight excluding hydrogens is 237 g/mol. The molecule has 0 saturated heterocycles. The number of rotatable bonds is 2. The molecule has 6 heteroatoms. The maximum Gasteiger partial charge on any atom is 0.327 e. The summed E-state index contributed by atoms with van der Waals surface area (Å²) in [6.45, 7) is 0.236. The number of carbonyl (C=O) groups is 1. The number of amides is 2. The van der Waals surface area contributed by atoms with Gasteiger partial charge in [0, 0.05) is 18.5 Å². The van der Waals surface area contributed by atoms with Gasteiger partial charge in [-0.1, -0.05) is 0 Å². The number of urea groups is 1. The summed E-state index contributed by atoms with van der Waals surface area (Å²) in [4.78, 5) is 17.2. The molecule has 1 N–H and O–H groups in total. The summed E-state index contributed by atoms with van der Waals surface area (Å²) in [7, 11) is 1.45. The Kier molecular flexibility index (Phi) is 3.57. The standard InChI is InChI=1S/C12H12FN3O2/c1-18-11-4-3-9(13)7-10(11)15-12(17)16-6-2-5-14-8-16/h2-7H,8H2,1H3,(H,15,17). The van der Waals surface area contributed by atoms with Crippen LogP contribution in [0.2, 0.25) is 0 Å². The Bertz CT molecular complexity index is 514. The highest BCUT2D eigenvalue weighted by Gasteiger charge is 2.14. The van der Waals surface area contributed by atoms with Gasteiger partial charge in [0.2, 0.25) is 0 Å². The SMILES string of the molecule is COc1ccc(F)cc1NC(=O)N1C=CC=NC1. The van der Waals surface area contributed by atoms with Gasteiger partial charge < -0.3 is 10.1 Å². The van der Waals surface area contributed by atoms with E-state index in [2.05, 4.69) is 10.3 Å². The second-order valence-corrected chi connectivity index (χ2v) is 3.56. The average Bonchev–Trinajstić information content (AvgIpc) is 2.40. The number of nitrogens with zero attached hydrogens (tertiary/aromatic N) is 2. The summed E-state index contributed by atoms with van der Waals surface area (Å²) in [5, 5.41) is 2.57. The van der Waals surface area contributed by atoms with Crippen molar-refractivity contribution in [2.45, 2.75) is 0 Å². The van der Waals surface area contributed by atoms with Gasteiger partial charge in [0.1, 0.15) is 18.2 Å². The number of hydrogen-bond acceptors (Lipinski definition) is 3. The fourth-order valence-electron chi connectivity index (χ4n) is 1.48. The van der Waals surface area contributed by atoms with E-state index in [0.29, 0.717) is 5.75 Å². The Morgan fingerprint density at radius 3 is 3.06 bits per heavy atom. The molecule has 0 fully saturated rings. The summed E-state index contributed by atoms with van der Waals surface area (Å²) in [5.41, 5.74) is 0.283. The quantitative estimate of drug-likeness (QED) is 0.873. The maximum absolute atomic E-state index is 13.1. The molecule has 0 saturated carbocycles. The summed E-state index contributed by atoms with van der Waals surface area (Å²) < 4.78 is 18.2. The zero-order chi connectivity index (χ0) is 13.0. The zero-order valence-corrected chi connectivity index (χ0v) is 9.76. The molecular formula is C12H12FN3O2. The number of aliphatic imine (C=N–C) groups is 1. The van der Waals surface area contributed by atoms with Crippen molar-refractivity contribution in [2.24, 2.45) is 4.99 Å². The van der Waals surface area contributed by atoms with Crippen LogP contribution in [0.1, 0.15) is 0 Å². The Morgan fingerprint density at radius 1 is 1.56 bits per heavy atom. The fraction of sp³-hybridized carbons (Fsp3) is 0.167. The van der Waals surface area contributed by atoms with Crippen molar-refractivity contribution in [2.75, 3.05) is 19.1 Å². The Labute approximate surface area is 104 Å². The predicted octanol–water partition coefficient (Wildman–Crippen LogP) is 2.22. The smallest absolute Gasteiger partial charge is 0.327 e. The van der Waals surface area contributed by atoms with Gasteiger partial charge in [-0.15, -0.1) is 0 Å². The summed E-state index contributed by atoms with van der Waals surface area (Å²) in [6, 6.07) is 3.52. The van der Waals surface area contributed by atoms with Gasteiger partial charge in [-0.3, -0.25) is 9.89 Å². The van der Waals surface area contributed by atoms with Crippen LogP contribution in [0.25, 0.3) is 0 Å². The van der Waals surface area contributed by atoms with Gasteiger partial charge in [0.05, 0.1) is 12.8 Å². The van der Waals surface area contributed by atoms with E-state index in [1.54, 1.807) is 18.5 Å². The van der Waals surface area contributed by atoms with Crippen molar-refractivity contribution in [3.05, 3.63) is 36.3 Å². The van der Waals surface area contributed by atoms with E-state index in [9.17, 15) is 9.18 Å². The van der Waals surface area contributed by atoms with Gasteiger partial charge >= 0.3 is 6.03 Å². The number of carbonyl (C=O) groups excluding carboxylic acids is 1. The van der Waals surface area contributed by atoms with Crippen LogP contribution < -0.4 is 10.1 Å². The fourth-order valence-corrected chi connectivity index (χ4v) is 1.48. The highest BCUT2D eigenvalue weighted by Crippen LogP contribution is 2.25. The van der Waals surface area contributed by atoms with Gasteiger partial charge in [0.25, 0.3) is 0 Å². The lowest BCUT2D eigenvalue weighted by Gasteiger charge is -2.19. The first-order chi connectivity index (χ1) is 8.70. The second-order valence-electron chi connectivity index (χ2n) is 3.56. The predicted molar refractivity (Wildman–Crippen MR) is 66.3 cm³/mol. The van der Waals surface area contributed by atoms with Crippen LogP contribution in [0.5, 0.6) is 5.75 Å². The third kappa shape index (κ3) is 2.65. The van der Waals surface area contributed by atoms with E-state index in [0.717, 1.165) is 0 Å². The topological polar surface area (TPSA) is 53.9 Å². The molecule has 0 bridgehead atoms. The Morgan fingerprint density at radius 2 is 2.39 bits per heavy atom. The molecule has 94 valence electrons. The van der Waals surface area contributed by atoms with E-state index in [1.165, 1.54) is 30.2 Å². The highest BCUT2D eigenvalue weighted by molar-refractivity contribution is 5.92. The molecule has 1 aromatic carbocycles. The maximum atomic E-state index is 13.1. The molecule has 1 aromatic rings. The van der Waals surface area contributed by atoms with Crippen molar-refractivity contribution < 1.29 is 13.9 Å². The largest absolute Gasteiger partial charge is 0.495 e. The van der Waals surface area contributed by atoms with Crippen LogP contribution in [0.15, 0.2) is 35.5 Å². The lowest BCUT2D eigenvalue weighted by atomic mass is 10.3. The van der Waals surface area contributed by atoms with Gasteiger partial charge in [-0.2, -0.15) is 0 Å². The zero-order valence-electron chi connectivity index (χ0n) is 9.76. The molecule has 0 atom stereocenters. The van der Waals surface area contributed by atoms with Crippen molar-refractivity contribution in [3.63, 3.8) is 0 Å². The molecule has 1 aliphatic heterocycles. The van der Waals surface area contributed by atoms with Crippen LogP contribution >= 0.6 is 0 Å². The Hall–Kier alpha value is -2.37. The number of halogens is 1. The molecule has 1 heterocycles. The van der Waals surface area contributed by atoms with Crippen molar-refractivity contribution in [1.29, 1.82) is 0 Å². The average molecular weight is 249 g/mol. The van der Waals surface area contributed by atoms with Crippen LogP contribution in [0, 0.1) is 5.82 Å². The Balaban J connectivity index is 2.13. The number of benzene rings is 1. The van der Waals surface area contributed by atoms with Crippen molar-refractivity contribution in [1.82, 2.24) is 4.90 Å². The summed E-state index contributed by atoms with van der Waals surface area (Å²) in [6.07, 6.45) is 4.84. The van der Waals surface area contributed by atoms with Crippen molar-refractivity contribution in [3.8, 4) is 5.75 Å². The van der Waals surface area contributed by atoms with E-state index < -0.39 is 11.8 Å². The minimum absolute atomic E-state index is 0.236. The molecule has 0 unspecified atom stereocenters. The van der Waals surface area contributed by atoms with E-state index in [-0.39, 0.29) is 12.4 Å². The number of anilines is 1. The first kappa shape index (κ1) is 12.1. The molecule has 5 nitrogen and oxygen atoms in total. The third-order valence-corrected chi connectivity index (χ3v) is 2.36. The monoisotopic (exact) mass is 249 g/mol. The summed E-state index contributed by atoms with van der Waals surface area (Å²) in [5.74, 6) is -0.0486. The number of ether oxygens (including phenoxy) is 1. The number of nitrogens with one attached hydrogen (secondary N) is 1. The molecule has 0 spiro atoms. The van der Waals surface area contributed by atoms with Gasteiger partial charge in [-0.05, 0) is 18.2 Å². The normalized spacial score (nSPS) is 13.6. The van der Waals surface area contributed by atoms with Crippen LogP contribution in [0.3, 0.4) is 0 Å². The van der Waals surface area contributed by atoms with E-state index in [1.807, 2.05) is 0 Å². The van der Waals surface area contributed by atoms with Crippen LogP contribution in [-0.2, 0) is 0 Å². The van der Waals surface area contributed by atoms with Crippen LogP contribution in [0.4, 0.5) is 14.9 Å². The first-order valence-electron chi connectivity index (χ1n) is 5.28. The first-order valence-corrected chi connectivity index (χ1v) is 5.28. The number of allylic oxidation sites excluding steroid dienone is 1. The van der Waals surface area contributed by atoms with E-state index in [4.69, 9.17) is 4.74 Å². The van der Waals surface area contributed by atoms with Gasteiger partial charge in [0.15, 0.2) is 0 Å². The van der Waals surface area contributed by atoms with Gasteiger partial charge in [-0.25, -0.2) is 9.18 Å². The third-order valence-electron chi connectivity index (χ3n) is 2.36.